The van der Waals surface area contributed by atoms with Crippen molar-refractivity contribution in [3.63, 3.8) is 0 Å². The Morgan fingerprint density at radius 3 is 2.35 bits per heavy atom. The summed E-state index contributed by atoms with van der Waals surface area (Å²) in [5, 5.41) is 2.68. The molecule has 0 heterocycles. The normalized spacial score (nSPS) is 10.2. The number of anilines is 1. The Hall–Kier alpha value is -1.92. The molecule has 0 aliphatic heterocycles. The summed E-state index contributed by atoms with van der Waals surface area (Å²) in [5.74, 6) is -0.321. The van der Waals surface area contributed by atoms with Crippen molar-refractivity contribution in [3.05, 3.63) is 29.8 Å². The molecular weight excluding hydrogens is 260 g/mol. The van der Waals surface area contributed by atoms with E-state index in [0.29, 0.717) is 24.5 Å². The first-order valence-electron chi connectivity index (χ1n) is 6.23. The highest BCUT2D eigenvalue weighted by atomic mass is 16.5. The lowest BCUT2D eigenvalue weighted by atomic mass is 10.2. The molecule has 1 aromatic carbocycles. The SMILES string of the molecule is COCCOCC(=O)Nc1ccc(C(=O)N(C)C)cc1. The zero-order valence-electron chi connectivity index (χ0n) is 12.0. The maximum Gasteiger partial charge on any atom is 0.253 e. The van der Waals surface area contributed by atoms with Gasteiger partial charge in [-0.25, -0.2) is 0 Å². The van der Waals surface area contributed by atoms with Crippen LogP contribution in [-0.4, -0.2) is 57.7 Å². The molecule has 6 heteroatoms. The number of rotatable bonds is 7. The van der Waals surface area contributed by atoms with Crippen LogP contribution in [0.25, 0.3) is 0 Å². The summed E-state index contributed by atoms with van der Waals surface area (Å²) in [5.41, 5.74) is 1.20. The summed E-state index contributed by atoms with van der Waals surface area (Å²) < 4.78 is 9.91. The molecule has 110 valence electrons. The van der Waals surface area contributed by atoms with E-state index in [-0.39, 0.29) is 18.4 Å². The number of ether oxygens (including phenoxy) is 2. The van der Waals surface area contributed by atoms with Crippen molar-refractivity contribution >= 4 is 17.5 Å². The van der Waals surface area contributed by atoms with Gasteiger partial charge in [-0.05, 0) is 24.3 Å². The molecule has 0 fully saturated rings. The zero-order valence-corrected chi connectivity index (χ0v) is 12.0. The maximum absolute atomic E-state index is 11.7. The minimum absolute atomic E-state index is 0.0261. The summed E-state index contributed by atoms with van der Waals surface area (Å²) in [7, 11) is 4.95. The van der Waals surface area contributed by atoms with Crippen molar-refractivity contribution in [2.45, 2.75) is 0 Å². The van der Waals surface area contributed by atoms with E-state index in [2.05, 4.69) is 5.32 Å². The molecule has 0 aromatic heterocycles. The van der Waals surface area contributed by atoms with Crippen LogP contribution < -0.4 is 5.32 Å². The van der Waals surface area contributed by atoms with Crippen LogP contribution in [0.5, 0.6) is 0 Å². The molecule has 0 spiro atoms. The summed E-state index contributed by atoms with van der Waals surface area (Å²) in [6.45, 7) is 0.802. The molecular formula is C14H20N2O4. The number of nitrogens with one attached hydrogen (secondary N) is 1. The van der Waals surface area contributed by atoms with E-state index in [0.717, 1.165) is 0 Å². The van der Waals surface area contributed by atoms with Crippen LogP contribution in [0.15, 0.2) is 24.3 Å². The largest absolute Gasteiger partial charge is 0.382 e. The maximum atomic E-state index is 11.7. The molecule has 0 saturated carbocycles. The highest BCUT2D eigenvalue weighted by molar-refractivity contribution is 5.95. The Morgan fingerprint density at radius 1 is 1.15 bits per heavy atom. The van der Waals surface area contributed by atoms with Gasteiger partial charge in [-0.1, -0.05) is 0 Å². The average Bonchev–Trinajstić information content (AvgIpc) is 2.43. The number of hydrogen-bond acceptors (Lipinski definition) is 4. The fourth-order valence-corrected chi connectivity index (χ4v) is 1.46. The molecule has 0 atom stereocenters. The van der Waals surface area contributed by atoms with Gasteiger partial charge in [0, 0.05) is 32.5 Å². The monoisotopic (exact) mass is 280 g/mol. The number of hydrogen-bond donors (Lipinski definition) is 1. The van der Waals surface area contributed by atoms with E-state index in [4.69, 9.17) is 9.47 Å². The highest BCUT2D eigenvalue weighted by Crippen LogP contribution is 2.10. The van der Waals surface area contributed by atoms with Gasteiger partial charge in [-0.15, -0.1) is 0 Å². The highest BCUT2D eigenvalue weighted by Gasteiger charge is 2.08. The van der Waals surface area contributed by atoms with Crippen LogP contribution >= 0.6 is 0 Å². The fourth-order valence-electron chi connectivity index (χ4n) is 1.46. The van der Waals surface area contributed by atoms with Crippen LogP contribution in [0.1, 0.15) is 10.4 Å². The minimum Gasteiger partial charge on any atom is -0.382 e. The third kappa shape index (κ3) is 5.38. The van der Waals surface area contributed by atoms with E-state index < -0.39 is 0 Å². The Kier molecular flexibility index (Phi) is 6.69. The van der Waals surface area contributed by atoms with Gasteiger partial charge in [0.05, 0.1) is 13.2 Å². The van der Waals surface area contributed by atoms with Crippen molar-refractivity contribution in [2.24, 2.45) is 0 Å². The fraction of sp³-hybridized carbons (Fsp3) is 0.429. The zero-order chi connectivity index (χ0) is 15.0. The predicted molar refractivity (Wildman–Crippen MR) is 75.8 cm³/mol. The molecule has 1 N–H and O–H groups in total. The average molecular weight is 280 g/mol. The number of methoxy groups -OCH3 is 1. The Morgan fingerprint density at radius 2 is 1.80 bits per heavy atom. The minimum atomic E-state index is -0.243. The first kappa shape index (κ1) is 16.1. The van der Waals surface area contributed by atoms with Crippen molar-refractivity contribution in [2.75, 3.05) is 46.3 Å². The van der Waals surface area contributed by atoms with Crippen molar-refractivity contribution in [1.82, 2.24) is 4.90 Å². The van der Waals surface area contributed by atoms with Crippen molar-refractivity contribution in [1.29, 1.82) is 0 Å². The van der Waals surface area contributed by atoms with Crippen LogP contribution in [-0.2, 0) is 14.3 Å². The first-order valence-corrected chi connectivity index (χ1v) is 6.23. The van der Waals surface area contributed by atoms with E-state index >= 15 is 0 Å². The molecule has 0 aliphatic carbocycles. The third-order valence-corrected chi connectivity index (χ3v) is 2.49. The second kappa shape index (κ2) is 8.29. The topological polar surface area (TPSA) is 67.9 Å². The van der Waals surface area contributed by atoms with Crippen LogP contribution in [0.4, 0.5) is 5.69 Å². The van der Waals surface area contributed by atoms with E-state index in [9.17, 15) is 9.59 Å². The standard InChI is InChI=1S/C14H20N2O4/c1-16(2)14(18)11-4-6-12(7-5-11)15-13(17)10-20-9-8-19-3/h4-7H,8-10H2,1-3H3,(H,15,17). The molecule has 1 rings (SSSR count). The quantitative estimate of drug-likeness (QED) is 0.756. The number of carbonyl (C=O) groups excluding carboxylic acids is 2. The van der Waals surface area contributed by atoms with Gasteiger partial charge in [0.2, 0.25) is 5.91 Å². The Bertz CT molecular complexity index is 443. The summed E-state index contributed by atoms with van der Waals surface area (Å²) >= 11 is 0. The molecule has 6 nitrogen and oxygen atoms in total. The molecule has 1 aromatic rings. The molecule has 0 aliphatic rings. The Labute approximate surface area is 118 Å². The lowest BCUT2D eigenvalue weighted by Crippen LogP contribution is -2.22. The molecule has 0 saturated heterocycles. The second-order valence-corrected chi connectivity index (χ2v) is 4.37. The van der Waals surface area contributed by atoms with Gasteiger partial charge in [0.1, 0.15) is 6.61 Å². The van der Waals surface area contributed by atoms with Crippen molar-refractivity contribution < 1.29 is 19.1 Å². The molecule has 0 bridgehead atoms. The van der Waals surface area contributed by atoms with Gasteiger partial charge in [-0.3, -0.25) is 9.59 Å². The predicted octanol–water partition coefficient (Wildman–Crippen LogP) is 0.990. The van der Waals surface area contributed by atoms with Crippen molar-refractivity contribution in [3.8, 4) is 0 Å². The third-order valence-electron chi connectivity index (χ3n) is 2.49. The number of carbonyl (C=O) groups is 2. The van der Waals surface area contributed by atoms with E-state index in [1.54, 1.807) is 45.5 Å². The Balaban J connectivity index is 2.45. The summed E-state index contributed by atoms with van der Waals surface area (Å²) in [6.07, 6.45) is 0. The lowest BCUT2D eigenvalue weighted by Gasteiger charge is -2.11. The first-order chi connectivity index (χ1) is 9.54. The van der Waals surface area contributed by atoms with Gasteiger partial charge in [0.25, 0.3) is 5.91 Å². The second-order valence-electron chi connectivity index (χ2n) is 4.37. The van der Waals surface area contributed by atoms with Gasteiger partial charge < -0.3 is 19.7 Å². The number of nitrogens with zero attached hydrogens (tertiary/aromatic N) is 1. The summed E-state index contributed by atoms with van der Waals surface area (Å²) in [4.78, 5) is 24.7. The number of amides is 2. The summed E-state index contributed by atoms with van der Waals surface area (Å²) in [6, 6.07) is 6.71. The molecule has 0 unspecified atom stereocenters. The van der Waals surface area contributed by atoms with Gasteiger partial charge >= 0.3 is 0 Å². The van der Waals surface area contributed by atoms with Gasteiger partial charge in [-0.2, -0.15) is 0 Å². The van der Waals surface area contributed by atoms with Crippen LogP contribution in [0, 0.1) is 0 Å². The van der Waals surface area contributed by atoms with Crippen LogP contribution in [0.3, 0.4) is 0 Å². The lowest BCUT2D eigenvalue weighted by molar-refractivity contribution is -0.121. The van der Waals surface area contributed by atoms with Gasteiger partial charge in [0.15, 0.2) is 0 Å². The number of benzene rings is 1. The van der Waals surface area contributed by atoms with E-state index in [1.807, 2.05) is 0 Å². The van der Waals surface area contributed by atoms with Crippen LogP contribution in [0.2, 0.25) is 0 Å². The molecule has 20 heavy (non-hydrogen) atoms. The molecule has 0 radical (unpaired) electrons. The molecule has 2 amide bonds. The smallest absolute Gasteiger partial charge is 0.253 e. The van der Waals surface area contributed by atoms with E-state index in [1.165, 1.54) is 4.90 Å².